The summed E-state index contributed by atoms with van der Waals surface area (Å²) in [5.41, 5.74) is 9.76. The van der Waals surface area contributed by atoms with Crippen molar-refractivity contribution in [1.82, 2.24) is 0 Å². The van der Waals surface area contributed by atoms with Gasteiger partial charge < -0.3 is 11.5 Å². The number of rotatable bonds is 0. The predicted octanol–water partition coefficient (Wildman–Crippen LogP) is 6.15. The van der Waals surface area contributed by atoms with Gasteiger partial charge in [-0.15, -0.1) is 0 Å². The van der Waals surface area contributed by atoms with E-state index in [9.17, 15) is 0 Å². The Labute approximate surface area is 111 Å². The quantitative estimate of drug-likeness (QED) is 0.504. The van der Waals surface area contributed by atoms with Crippen molar-refractivity contribution in [1.29, 1.82) is 0 Å². The van der Waals surface area contributed by atoms with Gasteiger partial charge in [0.15, 0.2) is 0 Å². The van der Waals surface area contributed by atoms with E-state index < -0.39 is 5.66 Å². The normalized spacial score (nSPS) is 4.50. The Balaban J connectivity index is -0.00000000380. The molecule has 0 aromatic heterocycles. The van der Waals surface area contributed by atoms with Crippen molar-refractivity contribution < 1.29 is 0 Å². The highest BCUT2D eigenvalue weighted by atomic mass is 14.9. The van der Waals surface area contributed by atoms with Gasteiger partial charge in [0.05, 0.1) is 5.66 Å². The Kier molecular flexibility index (Phi) is 521. The Hall–Kier alpha value is -0.0800. The predicted molar refractivity (Wildman–Crippen MR) is 92.3 cm³/mol. The summed E-state index contributed by atoms with van der Waals surface area (Å²) in [7, 11) is 0. The van der Waals surface area contributed by atoms with E-state index in [-0.39, 0.29) is 52.0 Å². The molecule has 16 heavy (non-hydrogen) atoms. The van der Waals surface area contributed by atoms with E-state index in [1.165, 1.54) is 0 Å². The van der Waals surface area contributed by atoms with Gasteiger partial charge in [-0.1, -0.05) is 79.7 Å². The SMILES string of the molecule is C.C.C.C.C.C.C.CC.CC.CC(C)(N)N. The summed E-state index contributed by atoms with van der Waals surface area (Å²) in [4.78, 5) is 0. The largest absolute Gasteiger partial charge is 0.314 e. The molecule has 2 heteroatoms. The second kappa shape index (κ2) is 82.5. The highest BCUT2D eigenvalue weighted by molar-refractivity contribution is 4.57. The van der Waals surface area contributed by atoms with Crippen LogP contribution in [0.5, 0.6) is 0 Å². The van der Waals surface area contributed by atoms with Crippen LogP contribution in [0.1, 0.15) is 93.5 Å². The van der Waals surface area contributed by atoms with Crippen molar-refractivity contribution in [3.8, 4) is 0 Å². The van der Waals surface area contributed by atoms with Crippen LogP contribution in [0.15, 0.2) is 0 Å². The second-order valence-electron chi connectivity index (χ2n) is 1.82. The molecule has 0 aliphatic rings. The summed E-state index contributed by atoms with van der Waals surface area (Å²) in [6, 6.07) is 0. The van der Waals surface area contributed by atoms with E-state index >= 15 is 0 Å². The molecule has 0 atom stereocenters. The molecule has 0 aliphatic carbocycles. The van der Waals surface area contributed by atoms with Gasteiger partial charge in [0.2, 0.25) is 0 Å². The summed E-state index contributed by atoms with van der Waals surface area (Å²) in [5.74, 6) is 0. The minimum absolute atomic E-state index is 0. The molecule has 0 unspecified atom stereocenters. The van der Waals surface area contributed by atoms with Gasteiger partial charge in [-0.25, -0.2) is 0 Å². The molecular formula is C14H50N2. The third-order valence-electron chi connectivity index (χ3n) is 0. The Bertz CT molecular complexity index is 24.2. The molecular weight excluding hydrogens is 196 g/mol. The van der Waals surface area contributed by atoms with Crippen molar-refractivity contribution >= 4 is 0 Å². The van der Waals surface area contributed by atoms with Crippen LogP contribution in [0.3, 0.4) is 0 Å². The van der Waals surface area contributed by atoms with Gasteiger partial charge in [-0.05, 0) is 13.8 Å². The van der Waals surface area contributed by atoms with Crippen LogP contribution < -0.4 is 11.5 Å². The van der Waals surface area contributed by atoms with Crippen molar-refractivity contribution in [2.45, 2.75) is 99.2 Å². The van der Waals surface area contributed by atoms with Gasteiger partial charge in [-0.2, -0.15) is 0 Å². The van der Waals surface area contributed by atoms with E-state index in [0.29, 0.717) is 0 Å². The fraction of sp³-hybridized carbons (Fsp3) is 1.00. The van der Waals surface area contributed by atoms with E-state index in [2.05, 4.69) is 0 Å². The zero-order chi connectivity index (χ0) is 8.50. The lowest BCUT2D eigenvalue weighted by atomic mass is 10.3. The molecule has 0 fully saturated rings. The van der Waals surface area contributed by atoms with Crippen LogP contribution in [0.25, 0.3) is 0 Å². The van der Waals surface area contributed by atoms with Crippen LogP contribution in [-0.2, 0) is 0 Å². The molecule has 0 heterocycles. The van der Waals surface area contributed by atoms with Crippen molar-refractivity contribution in [2.75, 3.05) is 0 Å². The Morgan fingerprint density at radius 1 is 0.500 bits per heavy atom. The van der Waals surface area contributed by atoms with Crippen LogP contribution in [-0.4, -0.2) is 5.66 Å². The minimum Gasteiger partial charge on any atom is -0.314 e. The first kappa shape index (κ1) is 101. The smallest absolute Gasteiger partial charge is 0.0578 e. The fourth-order valence-corrected chi connectivity index (χ4v) is 0. The lowest BCUT2D eigenvalue weighted by Crippen LogP contribution is -2.42. The lowest BCUT2D eigenvalue weighted by molar-refractivity contribution is 0.546. The molecule has 0 spiro atoms. The van der Waals surface area contributed by atoms with E-state index in [0.717, 1.165) is 0 Å². The summed E-state index contributed by atoms with van der Waals surface area (Å²) in [5, 5.41) is 0. The lowest BCUT2D eigenvalue weighted by Gasteiger charge is -2.07. The molecule has 0 aromatic rings. The number of nitrogens with two attached hydrogens (primary N) is 2. The molecule has 0 saturated heterocycles. The first-order chi connectivity index (χ1) is 4.00. The van der Waals surface area contributed by atoms with E-state index in [1.807, 2.05) is 27.7 Å². The maximum atomic E-state index is 5.13. The molecule has 0 aliphatic heterocycles. The summed E-state index contributed by atoms with van der Waals surface area (Å²) >= 11 is 0. The van der Waals surface area contributed by atoms with Crippen LogP contribution in [0, 0.1) is 0 Å². The summed E-state index contributed by atoms with van der Waals surface area (Å²) in [6.45, 7) is 11.5. The minimum atomic E-state index is -0.500. The topological polar surface area (TPSA) is 52.0 Å². The van der Waals surface area contributed by atoms with Crippen molar-refractivity contribution in [3.05, 3.63) is 0 Å². The molecule has 0 bridgehead atoms. The molecule has 116 valence electrons. The van der Waals surface area contributed by atoms with Crippen molar-refractivity contribution in [3.63, 3.8) is 0 Å². The average molecular weight is 247 g/mol. The maximum Gasteiger partial charge on any atom is 0.0578 e. The standard InChI is InChI=1S/C3H10N2.2C2H6.7CH4/c1-3(2,4)5;2*1-2;;;;;;;/h4-5H2,1-2H3;2*1-2H3;7*1H4. The molecule has 4 N–H and O–H groups in total. The van der Waals surface area contributed by atoms with Gasteiger partial charge in [0.1, 0.15) is 0 Å². The number of hydrogen-bond acceptors (Lipinski definition) is 2. The number of hydrogen-bond donors (Lipinski definition) is 2. The summed E-state index contributed by atoms with van der Waals surface area (Å²) < 4.78 is 0. The molecule has 2 nitrogen and oxygen atoms in total. The molecule has 0 rings (SSSR count). The van der Waals surface area contributed by atoms with Gasteiger partial charge in [-0.3, -0.25) is 0 Å². The molecule has 0 radical (unpaired) electrons. The van der Waals surface area contributed by atoms with Gasteiger partial charge >= 0.3 is 0 Å². The molecule has 0 amide bonds. The highest BCUT2D eigenvalue weighted by Crippen LogP contribution is 1.76. The monoisotopic (exact) mass is 246 g/mol. The zero-order valence-corrected chi connectivity index (χ0v) is 7.65. The first-order valence-corrected chi connectivity index (χ1v) is 3.58. The Morgan fingerprint density at radius 2 is 0.500 bits per heavy atom. The van der Waals surface area contributed by atoms with Gasteiger partial charge in [0.25, 0.3) is 0 Å². The first-order valence-electron chi connectivity index (χ1n) is 3.58. The maximum absolute atomic E-state index is 5.13. The third kappa shape index (κ3) is 363000. The van der Waals surface area contributed by atoms with Crippen LogP contribution >= 0.6 is 0 Å². The van der Waals surface area contributed by atoms with Crippen LogP contribution in [0.4, 0.5) is 0 Å². The van der Waals surface area contributed by atoms with Gasteiger partial charge in [0, 0.05) is 0 Å². The molecule has 0 aromatic carbocycles. The highest BCUT2D eigenvalue weighted by Gasteiger charge is 1.95. The van der Waals surface area contributed by atoms with E-state index in [4.69, 9.17) is 11.5 Å². The third-order valence-corrected chi connectivity index (χ3v) is 0. The van der Waals surface area contributed by atoms with Crippen LogP contribution in [0.2, 0.25) is 0 Å². The Morgan fingerprint density at radius 3 is 0.500 bits per heavy atom. The van der Waals surface area contributed by atoms with Crippen molar-refractivity contribution in [2.24, 2.45) is 11.5 Å². The fourth-order valence-electron chi connectivity index (χ4n) is 0. The average Bonchev–Trinajstić information content (AvgIpc) is 1.72. The second-order valence-corrected chi connectivity index (χ2v) is 1.82. The molecule has 0 saturated carbocycles. The van der Waals surface area contributed by atoms with E-state index in [1.54, 1.807) is 13.8 Å². The zero-order valence-electron chi connectivity index (χ0n) is 7.65. The summed E-state index contributed by atoms with van der Waals surface area (Å²) in [6.07, 6.45) is 0.